The Morgan fingerprint density at radius 3 is 2.86 bits per heavy atom. The SMILES string of the molecule is CCN(C(=O)CS(=O)Cc1cn2c(C)cccc2n1)C1CC1. The second-order valence-electron chi connectivity index (χ2n) is 5.77. The Labute approximate surface area is 132 Å². The van der Waals surface area contributed by atoms with Crippen LogP contribution in [0.3, 0.4) is 0 Å². The first-order valence-electron chi connectivity index (χ1n) is 7.66. The zero-order valence-corrected chi connectivity index (χ0v) is 13.8. The maximum Gasteiger partial charge on any atom is 0.235 e. The van der Waals surface area contributed by atoms with Crippen molar-refractivity contribution in [2.24, 2.45) is 0 Å². The van der Waals surface area contributed by atoms with Crippen LogP contribution in [-0.2, 0) is 21.3 Å². The van der Waals surface area contributed by atoms with Crippen LogP contribution in [0.4, 0.5) is 0 Å². The summed E-state index contributed by atoms with van der Waals surface area (Å²) in [6, 6.07) is 6.27. The molecule has 0 spiro atoms. The van der Waals surface area contributed by atoms with E-state index < -0.39 is 10.8 Å². The molecular weight excluding hydrogens is 298 g/mol. The number of aromatic nitrogens is 2. The van der Waals surface area contributed by atoms with Gasteiger partial charge in [-0.3, -0.25) is 9.00 Å². The van der Waals surface area contributed by atoms with Crippen molar-refractivity contribution in [3.8, 4) is 0 Å². The van der Waals surface area contributed by atoms with Crippen LogP contribution >= 0.6 is 0 Å². The quantitative estimate of drug-likeness (QED) is 0.817. The molecule has 1 aliphatic carbocycles. The number of imidazole rings is 1. The maximum absolute atomic E-state index is 12.3. The van der Waals surface area contributed by atoms with E-state index in [1.165, 1.54) is 0 Å². The lowest BCUT2D eigenvalue weighted by molar-refractivity contribution is -0.128. The number of nitrogens with zero attached hydrogens (tertiary/aromatic N) is 3. The van der Waals surface area contributed by atoms with Gasteiger partial charge in [-0.2, -0.15) is 0 Å². The van der Waals surface area contributed by atoms with E-state index in [4.69, 9.17) is 0 Å². The first-order valence-corrected chi connectivity index (χ1v) is 9.15. The van der Waals surface area contributed by atoms with Crippen LogP contribution in [0.25, 0.3) is 5.65 Å². The minimum Gasteiger partial charge on any atom is -0.339 e. The molecule has 1 amide bonds. The summed E-state index contributed by atoms with van der Waals surface area (Å²) in [7, 11) is -1.21. The molecule has 1 saturated carbocycles. The molecule has 1 fully saturated rings. The number of fused-ring (bicyclic) bond motifs is 1. The highest BCUT2D eigenvalue weighted by Crippen LogP contribution is 2.26. The fraction of sp³-hybridized carbons (Fsp3) is 0.500. The van der Waals surface area contributed by atoms with Crippen molar-refractivity contribution in [1.29, 1.82) is 0 Å². The van der Waals surface area contributed by atoms with Crippen molar-refractivity contribution in [1.82, 2.24) is 14.3 Å². The van der Waals surface area contributed by atoms with Crippen molar-refractivity contribution >= 4 is 22.4 Å². The Bertz CT molecular complexity index is 721. The van der Waals surface area contributed by atoms with E-state index in [1.54, 1.807) is 0 Å². The number of hydrogen-bond donors (Lipinski definition) is 0. The van der Waals surface area contributed by atoms with E-state index in [1.807, 2.05) is 47.5 Å². The molecule has 1 aliphatic rings. The van der Waals surface area contributed by atoms with Gasteiger partial charge in [0.2, 0.25) is 5.91 Å². The first kappa shape index (κ1) is 15.2. The second kappa shape index (κ2) is 6.20. The summed E-state index contributed by atoms with van der Waals surface area (Å²) < 4.78 is 14.2. The predicted octanol–water partition coefficient (Wildman–Crippen LogP) is 1.90. The fourth-order valence-electron chi connectivity index (χ4n) is 2.73. The summed E-state index contributed by atoms with van der Waals surface area (Å²) in [6.45, 7) is 4.69. The van der Waals surface area contributed by atoms with Gasteiger partial charge >= 0.3 is 0 Å². The Balaban J connectivity index is 1.65. The highest BCUT2D eigenvalue weighted by Gasteiger charge is 2.31. The summed E-state index contributed by atoms with van der Waals surface area (Å²) in [5.41, 5.74) is 2.71. The van der Waals surface area contributed by atoms with Crippen LogP contribution in [0, 0.1) is 6.92 Å². The fourth-order valence-corrected chi connectivity index (χ4v) is 3.74. The summed E-state index contributed by atoms with van der Waals surface area (Å²) >= 11 is 0. The molecule has 0 aromatic carbocycles. The summed E-state index contributed by atoms with van der Waals surface area (Å²) in [5, 5.41) is 0. The first-order chi connectivity index (χ1) is 10.6. The van der Waals surface area contributed by atoms with E-state index in [-0.39, 0.29) is 11.7 Å². The van der Waals surface area contributed by atoms with Crippen LogP contribution in [0.15, 0.2) is 24.4 Å². The lowest BCUT2D eigenvalue weighted by atomic mass is 10.4. The van der Waals surface area contributed by atoms with Crippen molar-refractivity contribution in [2.75, 3.05) is 12.3 Å². The van der Waals surface area contributed by atoms with Crippen LogP contribution in [0.5, 0.6) is 0 Å². The minimum atomic E-state index is -1.21. The number of rotatable bonds is 6. The molecule has 5 nitrogen and oxygen atoms in total. The van der Waals surface area contributed by atoms with E-state index in [2.05, 4.69) is 4.98 Å². The summed E-state index contributed by atoms with van der Waals surface area (Å²) in [4.78, 5) is 18.5. The lowest BCUT2D eigenvalue weighted by Gasteiger charge is -2.19. The zero-order chi connectivity index (χ0) is 15.7. The molecule has 1 atom stereocenters. The molecule has 0 bridgehead atoms. The Hall–Kier alpha value is -1.69. The molecule has 1 unspecified atom stereocenters. The molecular formula is C16H21N3O2S. The number of amides is 1. The molecule has 22 heavy (non-hydrogen) atoms. The highest BCUT2D eigenvalue weighted by atomic mass is 32.2. The van der Waals surface area contributed by atoms with Crippen LogP contribution in [0.1, 0.15) is 31.2 Å². The van der Waals surface area contributed by atoms with Crippen molar-refractivity contribution in [3.63, 3.8) is 0 Å². The molecule has 6 heteroatoms. The molecule has 3 rings (SSSR count). The number of carbonyl (C=O) groups excluding carboxylic acids is 1. The Morgan fingerprint density at radius 2 is 2.23 bits per heavy atom. The smallest absolute Gasteiger partial charge is 0.235 e. The highest BCUT2D eigenvalue weighted by molar-refractivity contribution is 7.84. The molecule has 2 aromatic heterocycles. The van der Waals surface area contributed by atoms with E-state index in [0.29, 0.717) is 18.3 Å². The third kappa shape index (κ3) is 3.21. The van der Waals surface area contributed by atoms with Gasteiger partial charge in [-0.05, 0) is 38.8 Å². The summed E-state index contributed by atoms with van der Waals surface area (Å²) in [6.07, 6.45) is 4.07. The van der Waals surface area contributed by atoms with Crippen molar-refractivity contribution in [3.05, 3.63) is 35.8 Å². The maximum atomic E-state index is 12.3. The topological polar surface area (TPSA) is 54.7 Å². The molecule has 0 aliphatic heterocycles. The number of hydrogen-bond acceptors (Lipinski definition) is 3. The molecule has 0 radical (unpaired) electrons. The number of pyridine rings is 1. The molecule has 0 saturated heterocycles. The van der Waals surface area contributed by atoms with Gasteiger partial charge in [0.15, 0.2) is 0 Å². The third-order valence-electron chi connectivity index (χ3n) is 3.99. The monoisotopic (exact) mass is 319 g/mol. The van der Waals surface area contributed by atoms with E-state index in [0.717, 1.165) is 29.9 Å². The minimum absolute atomic E-state index is 0.00304. The molecule has 0 N–H and O–H groups in total. The largest absolute Gasteiger partial charge is 0.339 e. The lowest BCUT2D eigenvalue weighted by Crippen LogP contribution is -2.36. The predicted molar refractivity (Wildman–Crippen MR) is 87.1 cm³/mol. The third-order valence-corrected chi connectivity index (χ3v) is 5.17. The van der Waals surface area contributed by atoms with Gasteiger partial charge in [-0.15, -0.1) is 0 Å². The van der Waals surface area contributed by atoms with Crippen LogP contribution < -0.4 is 0 Å². The normalized spacial score (nSPS) is 15.9. The van der Waals surface area contributed by atoms with Crippen LogP contribution in [0.2, 0.25) is 0 Å². The van der Waals surface area contributed by atoms with Gasteiger partial charge in [-0.1, -0.05) is 6.07 Å². The Kier molecular flexibility index (Phi) is 4.29. The number of carbonyl (C=O) groups is 1. The van der Waals surface area contributed by atoms with Crippen molar-refractivity contribution in [2.45, 2.75) is 38.5 Å². The number of aryl methyl sites for hydroxylation is 1. The molecule has 118 valence electrons. The van der Waals surface area contributed by atoms with E-state index in [9.17, 15) is 9.00 Å². The summed E-state index contributed by atoms with van der Waals surface area (Å²) in [5.74, 6) is 0.426. The van der Waals surface area contributed by atoms with Gasteiger partial charge in [0.25, 0.3) is 0 Å². The molecule has 2 aromatic rings. The standard InChI is InChI=1S/C16H21N3O2S/c1-3-18(14-7-8-14)16(20)11-22(21)10-13-9-19-12(2)5-4-6-15(19)17-13/h4-6,9,14H,3,7-8,10-11H2,1-2H3. The van der Waals surface area contributed by atoms with Gasteiger partial charge < -0.3 is 9.30 Å². The molecule has 2 heterocycles. The van der Waals surface area contributed by atoms with Gasteiger partial charge in [0, 0.05) is 35.3 Å². The van der Waals surface area contributed by atoms with Gasteiger partial charge in [-0.25, -0.2) is 4.98 Å². The Morgan fingerprint density at radius 1 is 1.45 bits per heavy atom. The average molecular weight is 319 g/mol. The zero-order valence-electron chi connectivity index (χ0n) is 13.0. The van der Waals surface area contributed by atoms with E-state index >= 15 is 0 Å². The van der Waals surface area contributed by atoms with Gasteiger partial charge in [0.05, 0.1) is 11.4 Å². The van der Waals surface area contributed by atoms with Crippen LogP contribution in [-0.4, -0.2) is 42.7 Å². The van der Waals surface area contributed by atoms with Gasteiger partial charge in [0.1, 0.15) is 11.4 Å². The second-order valence-corrected chi connectivity index (χ2v) is 7.22. The van der Waals surface area contributed by atoms with Crippen molar-refractivity contribution < 1.29 is 9.00 Å². The average Bonchev–Trinajstić information content (AvgIpc) is 3.20.